The van der Waals surface area contributed by atoms with Crippen LogP contribution in [0.2, 0.25) is 0 Å². The van der Waals surface area contributed by atoms with Gasteiger partial charge in [0.2, 0.25) is 0 Å². The number of benzene rings is 4. The summed E-state index contributed by atoms with van der Waals surface area (Å²) in [6.45, 7) is 6.46. The Hall–Kier alpha value is -5.20. The van der Waals surface area contributed by atoms with Gasteiger partial charge in [-0.05, 0) is 134 Å². The van der Waals surface area contributed by atoms with Gasteiger partial charge in [-0.3, -0.25) is 9.59 Å². The first-order valence-electron chi connectivity index (χ1n) is 23.6. The van der Waals surface area contributed by atoms with Gasteiger partial charge in [0, 0.05) is 68.2 Å². The van der Waals surface area contributed by atoms with Gasteiger partial charge in [-0.1, -0.05) is 58.0 Å². The van der Waals surface area contributed by atoms with Gasteiger partial charge in [0.25, 0.3) is 23.5 Å². The smallest absolute Gasteiger partial charge is 0.282 e. The van der Waals surface area contributed by atoms with Gasteiger partial charge in [-0.2, -0.15) is 0 Å². The molecule has 0 aliphatic carbocycles. The fourth-order valence-electron chi connectivity index (χ4n) is 11.0. The Bertz CT molecular complexity index is 2690. The molecule has 6 heterocycles. The zero-order chi connectivity index (χ0) is 43.6. The van der Waals surface area contributed by atoms with E-state index in [1.807, 2.05) is 6.07 Å². The van der Waals surface area contributed by atoms with E-state index in [-0.39, 0.29) is 18.4 Å². The molecule has 0 saturated heterocycles. The highest BCUT2D eigenvalue weighted by atomic mass is 33.1. The summed E-state index contributed by atoms with van der Waals surface area (Å²) in [4.78, 5) is 32.0. The second-order valence-corrected chi connectivity index (χ2v) is 20.8. The predicted molar refractivity (Wildman–Crippen MR) is 264 cm³/mol. The SMILES string of the molecule is C[n+]1c(/C=C/c2cc3c4c(c2)CCCN4CCC3)n(CC(=O)NCCSSCCNC(=O)Cn2c(CCc3cc4c5c(c3)CCCN5CCC4)[n+](C)c3ccccc32)c2ccccc21. The summed E-state index contributed by atoms with van der Waals surface area (Å²) >= 11 is 0. The van der Waals surface area contributed by atoms with Crippen molar-refractivity contribution in [2.75, 3.05) is 60.6 Å². The summed E-state index contributed by atoms with van der Waals surface area (Å²) in [6, 6.07) is 26.4. The van der Waals surface area contributed by atoms with Gasteiger partial charge in [0.05, 0.1) is 20.5 Å². The van der Waals surface area contributed by atoms with E-state index in [0.717, 1.165) is 65.1 Å². The van der Waals surface area contributed by atoms with Gasteiger partial charge >= 0.3 is 0 Å². The Morgan fingerprint density at radius 3 is 1.66 bits per heavy atom. The van der Waals surface area contributed by atoms with Crippen LogP contribution in [0.4, 0.5) is 11.4 Å². The van der Waals surface area contributed by atoms with Gasteiger partial charge in [-0.25, -0.2) is 18.3 Å². The third-order valence-corrected chi connectivity index (χ3v) is 16.3. The first kappa shape index (κ1) is 42.7. The molecule has 4 aromatic carbocycles. The summed E-state index contributed by atoms with van der Waals surface area (Å²) in [5.74, 6) is 3.78. The number of amides is 2. The van der Waals surface area contributed by atoms with Crippen LogP contribution in [0.25, 0.3) is 34.2 Å². The zero-order valence-corrected chi connectivity index (χ0v) is 39.2. The molecular weight excluding hydrogens is 833 g/mol. The highest BCUT2D eigenvalue weighted by Crippen LogP contribution is 2.38. The van der Waals surface area contributed by atoms with Crippen molar-refractivity contribution in [1.82, 2.24) is 19.8 Å². The molecule has 0 fully saturated rings. The van der Waals surface area contributed by atoms with Gasteiger partial charge in [-0.15, -0.1) is 0 Å². The number of carbonyl (C=O) groups is 2. The lowest BCUT2D eigenvalue weighted by Crippen LogP contribution is -2.36. The monoisotopic (exact) mass is 894 g/mol. The van der Waals surface area contributed by atoms with Crippen LogP contribution in [-0.4, -0.2) is 71.7 Å². The Morgan fingerprint density at radius 1 is 0.609 bits per heavy atom. The summed E-state index contributed by atoms with van der Waals surface area (Å²) in [5, 5.41) is 6.34. The summed E-state index contributed by atoms with van der Waals surface area (Å²) in [7, 11) is 7.68. The van der Waals surface area contributed by atoms with Crippen molar-refractivity contribution in [3.05, 3.63) is 118 Å². The number of nitrogens with one attached hydrogen (secondary N) is 2. The van der Waals surface area contributed by atoms with Gasteiger partial charge < -0.3 is 20.4 Å². The van der Waals surface area contributed by atoms with Crippen LogP contribution in [0.1, 0.15) is 70.7 Å². The van der Waals surface area contributed by atoms with Crippen LogP contribution in [-0.2, 0) is 75.3 Å². The number of imidazole rings is 2. The number of nitrogens with zero attached hydrogens (tertiary/aromatic N) is 6. The van der Waals surface area contributed by atoms with Crippen molar-refractivity contribution >= 4 is 79.0 Å². The molecule has 2 amide bonds. The van der Waals surface area contributed by atoms with E-state index in [9.17, 15) is 9.59 Å². The van der Waals surface area contributed by atoms with Crippen molar-refractivity contribution in [3.8, 4) is 0 Å². The van der Waals surface area contributed by atoms with Crippen molar-refractivity contribution in [1.29, 1.82) is 0 Å². The molecule has 10 rings (SSSR count). The minimum atomic E-state index is 0.00118. The lowest BCUT2D eigenvalue weighted by Gasteiger charge is -2.37. The van der Waals surface area contributed by atoms with E-state index in [1.54, 1.807) is 21.6 Å². The molecule has 12 heteroatoms. The molecular formula is C52H62N8O2S2+2. The van der Waals surface area contributed by atoms with Crippen LogP contribution in [0.5, 0.6) is 0 Å². The van der Waals surface area contributed by atoms with Crippen molar-refractivity contribution in [2.24, 2.45) is 14.1 Å². The second-order valence-electron chi connectivity index (χ2n) is 18.1. The molecule has 0 unspecified atom stereocenters. The molecule has 64 heavy (non-hydrogen) atoms. The minimum Gasteiger partial charge on any atom is -0.371 e. The maximum Gasteiger partial charge on any atom is 0.282 e. The molecule has 2 N–H and O–H groups in total. The second kappa shape index (κ2) is 19.1. The molecule has 0 spiro atoms. The molecule has 4 aliphatic rings. The number of hydrogen-bond donors (Lipinski definition) is 2. The van der Waals surface area contributed by atoms with Crippen molar-refractivity contribution < 1.29 is 18.7 Å². The molecule has 10 nitrogen and oxygen atoms in total. The number of carbonyl (C=O) groups excluding carboxylic acids is 2. The van der Waals surface area contributed by atoms with Gasteiger partial charge in [0.15, 0.2) is 35.2 Å². The average Bonchev–Trinajstić information content (AvgIpc) is 3.73. The zero-order valence-electron chi connectivity index (χ0n) is 37.5. The quantitative estimate of drug-likeness (QED) is 0.0625. The molecule has 0 atom stereocenters. The van der Waals surface area contributed by atoms with Crippen molar-refractivity contribution in [2.45, 2.75) is 77.3 Å². The van der Waals surface area contributed by atoms with E-state index in [2.05, 4.69) is 132 Å². The summed E-state index contributed by atoms with van der Waals surface area (Å²) in [5.41, 5.74) is 16.1. The number of hydrogen-bond acceptors (Lipinski definition) is 6. The summed E-state index contributed by atoms with van der Waals surface area (Å²) in [6.07, 6.45) is 15.8. The standard InChI is InChI=1S/C52H60N8O2S2/c1-55-43-15-3-5-17-45(43)59(49(55)21-19-37-31-39-11-7-25-57-26-8-12-40(32-37)51(39)57)35-47(61)53-23-29-63-64-30-24-54-48(62)36-60-46-18-6-4-16-44(46)56(2)50(60)22-20-38-33-41-13-9-27-58-28-10-14-42(34-38)52(41)58/h3-6,15-19,21,31-34H,7-14,20,22-30,35-36H2,1-2H3/p+2. The number of rotatable bonds is 16. The molecule has 0 radical (unpaired) electrons. The molecule has 332 valence electrons. The summed E-state index contributed by atoms with van der Waals surface area (Å²) < 4.78 is 8.81. The first-order chi connectivity index (χ1) is 31.4. The number of para-hydroxylation sites is 4. The van der Waals surface area contributed by atoms with Crippen LogP contribution in [0.3, 0.4) is 0 Å². The fraction of sp³-hybridized carbons (Fsp3) is 0.423. The highest BCUT2D eigenvalue weighted by molar-refractivity contribution is 8.76. The Morgan fingerprint density at radius 2 is 1.09 bits per heavy atom. The lowest BCUT2D eigenvalue weighted by molar-refractivity contribution is -0.654. The molecule has 0 saturated carbocycles. The molecule has 2 aromatic heterocycles. The third-order valence-electron chi connectivity index (χ3n) is 13.9. The van der Waals surface area contributed by atoms with Crippen LogP contribution < -0.4 is 29.6 Å². The van der Waals surface area contributed by atoms with Gasteiger partial charge in [0.1, 0.15) is 0 Å². The van der Waals surface area contributed by atoms with Crippen LogP contribution in [0.15, 0.2) is 72.8 Å². The van der Waals surface area contributed by atoms with E-state index in [4.69, 9.17) is 0 Å². The molecule has 6 aromatic rings. The minimum absolute atomic E-state index is 0.00118. The number of aryl methyl sites for hydroxylation is 7. The Balaban J connectivity index is 0.699. The first-order valence-corrected chi connectivity index (χ1v) is 26.1. The van der Waals surface area contributed by atoms with Crippen LogP contribution in [0, 0.1) is 0 Å². The normalized spacial score (nSPS) is 15.5. The molecule has 4 aliphatic heterocycles. The largest absolute Gasteiger partial charge is 0.371 e. The Labute approximate surface area is 385 Å². The number of fused-ring (bicyclic) bond motifs is 2. The molecule has 0 bridgehead atoms. The third kappa shape index (κ3) is 8.80. The maximum absolute atomic E-state index is 13.4. The van der Waals surface area contributed by atoms with E-state index >= 15 is 0 Å². The fourth-order valence-corrected chi connectivity index (χ4v) is 12.9. The average molecular weight is 895 g/mol. The maximum atomic E-state index is 13.4. The van der Waals surface area contributed by atoms with Crippen LogP contribution >= 0.6 is 21.6 Å². The Kier molecular flexibility index (Phi) is 12.8. The topological polar surface area (TPSA) is 82.3 Å². The van der Waals surface area contributed by atoms with E-state index in [0.29, 0.717) is 19.6 Å². The van der Waals surface area contributed by atoms with Crippen molar-refractivity contribution in [3.63, 3.8) is 0 Å². The van der Waals surface area contributed by atoms with E-state index in [1.165, 1.54) is 115 Å². The number of anilines is 2. The lowest BCUT2D eigenvalue weighted by atomic mass is 9.89. The van der Waals surface area contributed by atoms with E-state index < -0.39 is 0 Å². The predicted octanol–water partition coefficient (Wildman–Crippen LogP) is 6.91. The highest BCUT2D eigenvalue weighted by Gasteiger charge is 2.28. The number of aromatic nitrogens is 4.